The normalized spacial score (nSPS) is 10.8. The van der Waals surface area contributed by atoms with Crippen molar-refractivity contribution in [3.05, 3.63) is 102 Å². The fourth-order valence-corrected chi connectivity index (χ4v) is 5.20. The molecule has 0 atom stereocenters. The Hall–Kier alpha value is -3.19. The minimum absolute atomic E-state index is 0. The number of amides is 1. The van der Waals surface area contributed by atoms with Gasteiger partial charge in [0.05, 0.1) is 22.5 Å². The van der Waals surface area contributed by atoms with Gasteiger partial charge in [-0.25, -0.2) is 9.97 Å². The van der Waals surface area contributed by atoms with Crippen LogP contribution in [-0.4, -0.2) is 27.0 Å². The van der Waals surface area contributed by atoms with Crippen molar-refractivity contribution in [3.8, 4) is 11.1 Å². The maximum absolute atomic E-state index is 13.5. The average Bonchev–Trinajstić information content (AvgIpc) is 3.53. The van der Waals surface area contributed by atoms with Crippen molar-refractivity contribution in [2.45, 2.75) is 19.4 Å². The second-order valence-electron chi connectivity index (χ2n) is 8.02. The molecular weight excluding hydrogens is 499 g/mol. The molecular formula is C27H24Cl2N4OS. The van der Waals surface area contributed by atoms with E-state index in [4.69, 9.17) is 16.6 Å². The molecule has 1 amide bonds. The third kappa shape index (κ3) is 5.90. The van der Waals surface area contributed by atoms with E-state index in [9.17, 15) is 4.79 Å². The van der Waals surface area contributed by atoms with Crippen molar-refractivity contribution in [1.29, 1.82) is 0 Å². The van der Waals surface area contributed by atoms with Crippen molar-refractivity contribution in [3.63, 3.8) is 0 Å². The lowest BCUT2D eigenvalue weighted by molar-refractivity contribution is -0.118. The lowest BCUT2D eigenvalue weighted by Gasteiger charge is -2.20. The van der Waals surface area contributed by atoms with Crippen molar-refractivity contribution >= 4 is 56.6 Å². The number of halogens is 2. The second-order valence-corrected chi connectivity index (χ2v) is 9.44. The van der Waals surface area contributed by atoms with Crippen molar-refractivity contribution in [1.82, 2.24) is 14.5 Å². The zero-order chi connectivity index (χ0) is 23.3. The summed E-state index contributed by atoms with van der Waals surface area (Å²) < 4.78 is 2.99. The van der Waals surface area contributed by atoms with Crippen LogP contribution in [-0.2, 0) is 17.8 Å². The third-order valence-electron chi connectivity index (χ3n) is 5.66. The quantitative estimate of drug-likeness (QED) is 0.222. The number of hydrogen-bond acceptors (Lipinski definition) is 4. The topological polar surface area (TPSA) is 51.0 Å². The number of aromatic nitrogens is 3. The van der Waals surface area contributed by atoms with E-state index >= 15 is 0 Å². The van der Waals surface area contributed by atoms with E-state index < -0.39 is 0 Å². The minimum atomic E-state index is 0. The molecule has 0 saturated carbocycles. The Bertz CT molecular complexity index is 1390. The summed E-state index contributed by atoms with van der Waals surface area (Å²) in [5, 5.41) is 1.28. The summed E-state index contributed by atoms with van der Waals surface area (Å²) in [7, 11) is 0. The molecule has 178 valence electrons. The number of hydrogen-bond donors (Lipinski definition) is 0. The van der Waals surface area contributed by atoms with E-state index in [0.717, 1.165) is 39.9 Å². The van der Waals surface area contributed by atoms with Gasteiger partial charge in [-0.2, -0.15) is 0 Å². The van der Waals surface area contributed by atoms with Gasteiger partial charge in [0.15, 0.2) is 5.13 Å². The highest BCUT2D eigenvalue weighted by Crippen LogP contribution is 2.33. The van der Waals surface area contributed by atoms with Gasteiger partial charge in [-0.15, -0.1) is 12.4 Å². The predicted octanol–water partition coefficient (Wildman–Crippen LogP) is 6.90. The molecule has 5 nitrogen and oxygen atoms in total. The number of benzene rings is 3. The summed E-state index contributed by atoms with van der Waals surface area (Å²) in [6.45, 7) is 1.34. The Labute approximate surface area is 219 Å². The van der Waals surface area contributed by atoms with Crippen molar-refractivity contribution < 1.29 is 4.79 Å². The molecule has 2 heterocycles. The first-order valence-electron chi connectivity index (χ1n) is 11.1. The molecule has 0 unspecified atom stereocenters. The van der Waals surface area contributed by atoms with Crippen LogP contribution >= 0.6 is 35.3 Å². The van der Waals surface area contributed by atoms with Gasteiger partial charge in [0.1, 0.15) is 5.52 Å². The van der Waals surface area contributed by atoms with Crippen LogP contribution in [0.2, 0.25) is 5.02 Å². The molecule has 0 N–H and O–H groups in total. The van der Waals surface area contributed by atoms with E-state index in [1.165, 1.54) is 11.3 Å². The predicted molar refractivity (Wildman–Crippen MR) is 147 cm³/mol. The highest BCUT2D eigenvalue weighted by Gasteiger charge is 2.20. The first-order chi connectivity index (χ1) is 16.7. The smallest absolute Gasteiger partial charge is 0.233 e. The highest BCUT2D eigenvalue weighted by molar-refractivity contribution is 7.22. The lowest BCUT2D eigenvalue weighted by Crippen LogP contribution is -2.33. The third-order valence-corrected chi connectivity index (χ3v) is 7.01. The Morgan fingerprint density at radius 2 is 1.74 bits per heavy atom. The van der Waals surface area contributed by atoms with Crippen molar-refractivity contribution in [2.75, 3.05) is 11.4 Å². The standard InChI is InChI=1S/C27H23ClN4OS.ClH/c28-23-8-4-9-24-26(23)30-27(34-24)32(16-5-15-31-17-14-29-19-31)25(33)18-20-10-12-22(13-11-20)21-6-2-1-3-7-21;/h1-4,6-14,17,19H,5,15-16,18H2;1H. The number of imidazole rings is 1. The van der Waals surface area contributed by atoms with Gasteiger partial charge < -0.3 is 4.57 Å². The Kier molecular flexibility index (Phi) is 8.18. The summed E-state index contributed by atoms with van der Waals surface area (Å²) in [6.07, 6.45) is 6.58. The summed E-state index contributed by atoms with van der Waals surface area (Å²) in [6, 6.07) is 24.1. The van der Waals surface area contributed by atoms with Crippen LogP contribution in [0.4, 0.5) is 5.13 Å². The lowest BCUT2D eigenvalue weighted by atomic mass is 10.0. The first-order valence-corrected chi connectivity index (χ1v) is 12.3. The van der Waals surface area contributed by atoms with E-state index in [1.807, 2.05) is 59.3 Å². The monoisotopic (exact) mass is 522 g/mol. The van der Waals surface area contributed by atoms with Crippen molar-refractivity contribution in [2.24, 2.45) is 0 Å². The molecule has 0 bridgehead atoms. The number of fused-ring (bicyclic) bond motifs is 1. The van der Waals surface area contributed by atoms with Gasteiger partial charge >= 0.3 is 0 Å². The van der Waals surface area contributed by atoms with Crippen LogP contribution in [0, 0.1) is 0 Å². The Balaban J connectivity index is 0.00000289. The largest absolute Gasteiger partial charge is 0.337 e. The molecule has 2 aromatic heterocycles. The van der Waals surface area contributed by atoms with Gasteiger partial charge in [-0.3, -0.25) is 9.69 Å². The molecule has 35 heavy (non-hydrogen) atoms. The molecule has 0 aliphatic rings. The molecule has 5 rings (SSSR count). The summed E-state index contributed by atoms with van der Waals surface area (Å²) in [4.78, 5) is 24.1. The van der Waals surface area contributed by atoms with Crippen LogP contribution in [0.15, 0.2) is 91.5 Å². The molecule has 0 aliphatic heterocycles. The second kappa shape index (κ2) is 11.5. The fourth-order valence-electron chi connectivity index (χ4n) is 3.89. The molecule has 0 fully saturated rings. The molecule has 0 spiro atoms. The first kappa shape index (κ1) is 24.9. The maximum Gasteiger partial charge on any atom is 0.233 e. The van der Waals surface area contributed by atoms with Crippen LogP contribution < -0.4 is 4.90 Å². The number of anilines is 1. The van der Waals surface area contributed by atoms with Crippen LogP contribution in [0.3, 0.4) is 0 Å². The average molecular weight is 523 g/mol. The van der Waals surface area contributed by atoms with E-state index in [2.05, 4.69) is 29.2 Å². The van der Waals surface area contributed by atoms with Gasteiger partial charge in [0, 0.05) is 25.5 Å². The van der Waals surface area contributed by atoms with Crippen LogP contribution in [0.5, 0.6) is 0 Å². The SMILES string of the molecule is Cl.O=C(Cc1ccc(-c2ccccc2)cc1)N(CCCn1ccnc1)c1nc2c(Cl)cccc2s1. The zero-order valence-electron chi connectivity index (χ0n) is 18.9. The van der Waals surface area contributed by atoms with Gasteiger partial charge in [-0.05, 0) is 35.2 Å². The molecule has 0 aliphatic carbocycles. The van der Waals surface area contributed by atoms with Crippen LogP contribution in [0.25, 0.3) is 21.3 Å². The van der Waals surface area contributed by atoms with E-state index in [0.29, 0.717) is 23.1 Å². The maximum atomic E-state index is 13.5. The van der Waals surface area contributed by atoms with E-state index in [-0.39, 0.29) is 18.3 Å². The molecule has 3 aromatic carbocycles. The van der Waals surface area contributed by atoms with E-state index in [1.54, 1.807) is 17.4 Å². The summed E-state index contributed by atoms with van der Waals surface area (Å²) >= 11 is 7.85. The summed E-state index contributed by atoms with van der Waals surface area (Å²) in [5.41, 5.74) is 4.01. The number of carbonyl (C=O) groups is 1. The van der Waals surface area contributed by atoms with Crippen LogP contribution in [0.1, 0.15) is 12.0 Å². The number of nitrogens with zero attached hydrogens (tertiary/aromatic N) is 4. The summed E-state index contributed by atoms with van der Waals surface area (Å²) in [5.74, 6) is 0.0215. The number of rotatable bonds is 8. The number of thiazole rings is 1. The number of aryl methyl sites for hydroxylation is 1. The van der Waals surface area contributed by atoms with Gasteiger partial charge in [0.2, 0.25) is 5.91 Å². The Morgan fingerprint density at radius 3 is 2.46 bits per heavy atom. The highest BCUT2D eigenvalue weighted by atomic mass is 35.5. The number of para-hydroxylation sites is 1. The fraction of sp³-hybridized carbons (Fsp3) is 0.148. The minimum Gasteiger partial charge on any atom is -0.337 e. The molecule has 0 saturated heterocycles. The van der Waals surface area contributed by atoms with Gasteiger partial charge in [0.25, 0.3) is 0 Å². The number of carbonyl (C=O) groups excluding carboxylic acids is 1. The zero-order valence-corrected chi connectivity index (χ0v) is 21.3. The molecule has 8 heteroatoms. The molecule has 0 radical (unpaired) electrons. The molecule has 5 aromatic rings. The van der Waals surface area contributed by atoms with Gasteiger partial charge in [-0.1, -0.05) is 83.6 Å². The Morgan fingerprint density at radius 1 is 0.971 bits per heavy atom.